The molecule has 1 aliphatic heterocycles. The first-order valence-corrected chi connectivity index (χ1v) is 6.20. The van der Waals surface area contributed by atoms with E-state index < -0.39 is 0 Å². The third-order valence-corrected chi connectivity index (χ3v) is 4.08. The Kier molecular flexibility index (Phi) is 2.19. The number of thiophene rings is 1. The maximum Gasteiger partial charge on any atom is 0.0592 e. The zero-order valence-electron chi connectivity index (χ0n) is 8.09. The van der Waals surface area contributed by atoms with Gasteiger partial charge in [0.25, 0.3) is 0 Å². The average Bonchev–Trinajstić information content (AvgIpc) is 2.84. The van der Waals surface area contributed by atoms with Crippen LogP contribution in [-0.2, 0) is 6.42 Å². The van der Waals surface area contributed by atoms with Gasteiger partial charge in [-0.15, -0.1) is 11.3 Å². The molecule has 0 bridgehead atoms. The highest BCUT2D eigenvalue weighted by molar-refractivity contribution is 7.14. The number of benzene rings is 1. The van der Waals surface area contributed by atoms with Gasteiger partial charge >= 0.3 is 0 Å². The van der Waals surface area contributed by atoms with E-state index in [1.807, 2.05) is 11.4 Å². The molecule has 2 heterocycles. The standard InChI is InChI=1S/C12H10ClNS/c13-10-4-6-15-12(10)9-1-2-11-8(7-9)3-5-14-11/h1-2,4,6-7,14H,3,5H2. The van der Waals surface area contributed by atoms with Crippen LogP contribution in [0.5, 0.6) is 0 Å². The number of hydrogen-bond acceptors (Lipinski definition) is 2. The van der Waals surface area contributed by atoms with Gasteiger partial charge in [-0.2, -0.15) is 0 Å². The lowest BCUT2D eigenvalue weighted by molar-refractivity contribution is 1.11. The van der Waals surface area contributed by atoms with Crippen LogP contribution in [0.1, 0.15) is 5.56 Å². The Labute approximate surface area is 97.7 Å². The molecule has 3 heteroatoms. The van der Waals surface area contributed by atoms with Crippen LogP contribution in [0.15, 0.2) is 29.6 Å². The summed E-state index contributed by atoms with van der Waals surface area (Å²) < 4.78 is 0. The quantitative estimate of drug-likeness (QED) is 0.787. The summed E-state index contributed by atoms with van der Waals surface area (Å²) in [7, 11) is 0. The monoisotopic (exact) mass is 235 g/mol. The van der Waals surface area contributed by atoms with Gasteiger partial charge in [0, 0.05) is 12.2 Å². The van der Waals surface area contributed by atoms with Crippen LogP contribution in [0.25, 0.3) is 10.4 Å². The van der Waals surface area contributed by atoms with E-state index in [1.54, 1.807) is 11.3 Å². The molecule has 15 heavy (non-hydrogen) atoms. The van der Waals surface area contributed by atoms with Crippen LogP contribution in [0.3, 0.4) is 0 Å². The second-order valence-electron chi connectivity index (χ2n) is 3.65. The molecular weight excluding hydrogens is 226 g/mol. The summed E-state index contributed by atoms with van der Waals surface area (Å²) in [6, 6.07) is 8.47. The van der Waals surface area contributed by atoms with Gasteiger partial charge in [0.1, 0.15) is 0 Å². The van der Waals surface area contributed by atoms with Gasteiger partial charge in [0.2, 0.25) is 0 Å². The number of hydrogen-bond donors (Lipinski definition) is 1. The fraction of sp³-hybridized carbons (Fsp3) is 0.167. The summed E-state index contributed by atoms with van der Waals surface area (Å²) in [5.41, 5.74) is 3.90. The molecule has 0 atom stereocenters. The molecular formula is C12H10ClNS. The Hall–Kier alpha value is -0.990. The lowest BCUT2D eigenvalue weighted by atomic mass is 10.1. The van der Waals surface area contributed by atoms with Crippen LogP contribution >= 0.6 is 22.9 Å². The number of halogens is 1. The molecule has 0 spiro atoms. The summed E-state index contributed by atoms with van der Waals surface area (Å²) >= 11 is 7.82. The minimum absolute atomic E-state index is 0.853. The Morgan fingerprint density at radius 3 is 3.00 bits per heavy atom. The highest BCUT2D eigenvalue weighted by Crippen LogP contribution is 2.35. The van der Waals surface area contributed by atoms with Crippen LogP contribution in [0.4, 0.5) is 5.69 Å². The molecule has 0 saturated carbocycles. The molecule has 1 N–H and O–H groups in total. The molecule has 0 fully saturated rings. The fourth-order valence-corrected chi connectivity index (χ4v) is 3.11. The predicted molar refractivity (Wildman–Crippen MR) is 67.0 cm³/mol. The first kappa shape index (κ1) is 9.25. The van der Waals surface area contributed by atoms with Gasteiger partial charge in [-0.3, -0.25) is 0 Å². The van der Waals surface area contributed by atoms with E-state index >= 15 is 0 Å². The summed E-state index contributed by atoms with van der Waals surface area (Å²) in [5.74, 6) is 0. The van der Waals surface area contributed by atoms with E-state index in [-0.39, 0.29) is 0 Å². The van der Waals surface area contributed by atoms with Crippen LogP contribution in [0, 0.1) is 0 Å². The van der Waals surface area contributed by atoms with E-state index in [9.17, 15) is 0 Å². The number of anilines is 1. The van der Waals surface area contributed by atoms with Crippen molar-refractivity contribution in [2.75, 3.05) is 11.9 Å². The van der Waals surface area contributed by atoms with Crippen molar-refractivity contribution < 1.29 is 0 Å². The number of nitrogens with one attached hydrogen (secondary N) is 1. The molecule has 0 radical (unpaired) electrons. The smallest absolute Gasteiger partial charge is 0.0592 e. The molecule has 0 saturated heterocycles. The van der Waals surface area contributed by atoms with E-state index in [0.717, 1.165) is 18.0 Å². The van der Waals surface area contributed by atoms with Crippen molar-refractivity contribution in [1.29, 1.82) is 0 Å². The largest absolute Gasteiger partial charge is 0.384 e. The van der Waals surface area contributed by atoms with E-state index in [0.29, 0.717) is 0 Å². The van der Waals surface area contributed by atoms with Crippen molar-refractivity contribution in [3.63, 3.8) is 0 Å². The second-order valence-corrected chi connectivity index (χ2v) is 4.97. The van der Waals surface area contributed by atoms with Gasteiger partial charge in [-0.1, -0.05) is 17.7 Å². The molecule has 3 rings (SSSR count). The van der Waals surface area contributed by atoms with Crippen molar-refractivity contribution >= 4 is 28.6 Å². The molecule has 1 aromatic heterocycles. The van der Waals surface area contributed by atoms with E-state index in [1.165, 1.54) is 21.7 Å². The minimum atomic E-state index is 0.853. The first-order chi connectivity index (χ1) is 7.34. The van der Waals surface area contributed by atoms with Crippen molar-refractivity contribution in [2.45, 2.75) is 6.42 Å². The predicted octanol–water partition coefficient (Wildman–Crippen LogP) is 4.04. The zero-order valence-corrected chi connectivity index (χ0v) is 9.66. The lowest BCUT2D eigenvalue weighted by Gasteiger charge is -2.03. The Morgan fingerprint density at radius 1 is 1.27 bits per heavy atom. The van der Waals surface area contributed by atoms with Gasteiger partial charge in [-0.05, 0) is 41.1 Å². The molecule has 1 nitrogen and oxygen atoms in total. The molecule has 76 valence electrons. The number of rotatable bonds is 1. The van der Waals surface area contributed by atoms with Crippen molar-refractivity contribution in [1.82, 2.24) is 0 Å². The van der Waals surface area contributed by atoms with Crippen LogP contribution in [0.2, 0.25) is 5.02 Å². The lowest BCUT2D eigenvalue weighted by Crippen LogP contribution is -1.90. The van der Waals surface area contributed by atoms with Gasteiger partial charge in [0.15, 0.2) is 0 Å². The molecule has 1 aliphatic rings. The normalized spacial score (nSPS) is 13.7. The van der Waals surface area contributed by atoms with Crippen LogP contribution in [-0.4, -0.2) is 6.54 Å². The topological polar surface area (TPSA) is 12.0 Å². The Bertz CT molecular complexity index is 504. The maximum atomic E-state index is 6.12. The molecule has 0 unspecified atom stereocenters. The summed E-state index contributed by atoms with van der Waals surface area (Å²) in [4.78, 5) is 1.17. The summed E-state index contributed by atoms with van der Waals surface area (Å²) in [6.45, 7) is 1.05. The molecule has 0 aliphatic carbocycles. The van der Waals surface area contributed by atoms with Gasteiger partial charge in [-0.25, -0.2) is 0 Å². The summed E-state index contributed by atoms with van der Waals surface area (Å²) in [6.07, 6.45) is 1.12. The zero-order chi connectivity index (χ0) is 10.3. The molecule has 0 amide bonds. The molecule has 1 aromatic carbocycles. The van der Waals surface area contributed by atoms with Crippen LogP contribution < -0.4 is 5.32 Å². The highest BCUT2D eigenvalue weighted by Gasteiger charge is 2.12. The average molecular weight is 236 g/mol. The Balaban J connectivity index is 2.11. The van der Waals surface area contributed by atoms with Crippen molar-refractivity contribution in [3.8, 4) is 10.4 Å². The fourth-order valence-electron chi connectivity index (χ4n) is 1.95. The first-order valence-electron chi connectivity index (χ1n) is 4.95. The SMILES string of the molecule is Clc1ccsc1-c1ccc2c(c1)CCN2. The third-order valence-electron chi connectivity index (χ3n) is 2.69. The van der Waals surface area contributed by atoms with Crippen molar-refractivity contribution in [3.05, 3.63) is 40.2 Å². The Morgan fingerprint density at radius 2 is 2.20 bits per heavy atom. The maximum absolute atomic E-state index is 6.12. The number of fused-ring (bicyclic) bond motifs is 1. The second kappa shape index (κ2) is 3.54. The summed E-state index contributed by atoms with van der Waals surface area (Å²) in [5, 5.41) is 6.24. The third kappa shape index (κ3) is 1.54. The minimum Gasteiger partial charge on any atom is -0.384 e. The van der Waals surface area contributed by atoms with Crippen molar-refractivity contribution in [2.24, 2.45) is 0 Å². The highest BCUT2D eigenvalue weighted by atomic mass is 35.5. The molecule has 2 aromatic rings. The van der Waals surface area contributed by atoms with Gasteiger partial charge in [0.05, 0.1) is 9.90 Å². The van der Waals surface area contributed by atoms with E-state index in [2.05, 4.69) is 23.5 Å². The van der Waals surface area contributed by atoms with Gasteiger partial charge < -0.3 is 5.32 Å². The van der Waals surface area contributed by atoms with E-state index in [4.69, 9.17) is 11.6 Å².